The molecule has 5 nitrogen and oxygen atoms in total. The molecule has 128 valence electrons. The number of nitrogens with zero attached hydrogens (tertiary/aromatic N) is 1. The third-order valence-corrected chi connectivity index (χ3v) is 5.34. The highest BCUT2D eigenvalue weighted by molar-refractivity contribution is 9.13. The molecule has 0 unspecified atom stereocenters. The molecule has 0 aliphatic heterocycles. The molecule has 0 saturated carbocycles. The van der Waals surface area contributed by atoms with Crippen LogP contribution >= 0.6 is 31.9 Å². The van der Waals surface area contributed by atoms with Crippen molar-refractivity contribution in [2.45, 2.75) is 0 Å². The van der Waals surface area contributed by atoms with Gasteiger partial charge >= 0.3 is 0 Å². The molecule has 0 atom stereocenters. The molecule has 0 saturated heterocycles. The van der Waals surface area contributed by atoms with Crippen LogP contribution in [-0.4, -0.2) is 18.1 Å². The molecule has 0 radical (unpaired) electrons. The number of amides is 1. The molecule has 0 aliphatic rings. The number of ether oxygens (including phenoxy) is 1. The number of nitriles is 1. The van der Waals surface area contributed by atoms with E-state index in [1.807, 2.05) is 0 Å². The zero-order valence-electron chi connectivity index (χ0n) is 12.8. The Morgan fingerprint density at radius 2 is 2.04 bits per heavy atom. The largest absolute Gasteiger partial charge is 0.503 e. The zero-order valence-corrected chi connectivity index (χ0v) is 16.0. The van der Waals surface area contributed by atoms with E-state index in [1.165, 1.54) is 37.5 Å². The number of anilines is 1. The summed E-state index contributed by atoms with van der Waals surface area (Å²) in [4.78, 5) is 12.2. The summed E-state index contributed by atoms with van der Waals surface area (Å²) in [5.41, 5.74) is 0.141. The minimum Gasteiger partial charge on any atom is -0.503 e. The van der Waals surface area contributed by atoms with Gasteiger partial charge in [0.1, 0.15) is 17.5 Å². The van der Waals surface area contributed by atoms with Crippen molar-refractivity contribution in [3.05, 3.63) is 56.2 Å². The van der Waals surface area contributed by atoms with Gasteiger partial charge in [0.05, 0.1) is 17.3 Å². The fraction of sp³-hybridized carbons (Fsp3) is 0.0588. The highest BCUT2D eigenvalue weighted by Gasteiger charge is 2.17. The van der Waals surface area contributed by atoms with Crippen LogP contribution in [0.4, 0.5) is 10.1 Å². The van der Waals surface area contributed by atoms with Crippen LogP contribution in [0.1, 0.15) is 5.56 Å². The Morgan fingerprint density at radius 1 is 1.36 bits per heavy atom. The minimum atomic E-state index is -0.761. The van der Waals surface area contributed by atoms with Gasteiger partial charge in [-0.15, -0.1) is 0 Å². The molecule has 2 aromatic rings. The van der Waals surface area contributed by atoms with Crippen LogP contribution < -0.4 is 10.1 Å². The Balaban J connectivity index is 2.41. The molecule has 0 aromatic heterocycles. The van der Waals surface area contributed by atoms with Crippen molar-refractivity contribution in [3.63, 3.8) is 0 Å². The van der Waals surface area contributed by atoms with E-state index in [1.54, 1.807) is 12.1 Å². The highest BCUT2D eigenvalue weighted by Crippen LogP contribution is 2.42. The zero-order chi connectivity index (χ0) is 18.6. The number of para-hydroxylation sites is 1. The maximum atomic E-state index is 13.6. The van der Waals surface area contributed by atoms with Gasteiger partial charge in [-0.3, -0.25) is 4.79 Å². The molecule has 1 amide bonds. The second-order valence-electron chi connectivity index (χ2n) is 4.75. The Kier molecular flexibility index (Phi) is 6.17. The number of hydrogen-bond acceptors (Lipinski definition) is 4. The lowest BCUT2D eigenvalue weighted by molar-refractivity contribution is -0.112. The summed E-state index contributed by atoms with van der Waals surface area (Å²) in [5.74, 6) is -1.33. The van der Waals surface area contributed by atoms with E-state index in [0.717, 1.165) is 0 Å². The number of carbonyl (C=O) groups is 1. The predicted octanol–water partition coefficient (Wildman–Crippen LogP) is 4.61. The van der Waals surface area contributed by atoms with Crippen molar-refractivity contribution >= 4 is 49.5 Å². The van der Waals surface area contributed by atoms with E-state index < -0.39 is 11.7 Å². The third-order valence-electron chi connectivity index (χ3n) is 3.18. The highest BCUT2D eigenvalue weighted by atomic mass is 79.9. The maximum absolute atomic E-state index is 13.6. The topological polar surface area (TPSA) is 82.3 Å². The van der Waals surface area contributed by atoms with Crippen LogP contribution in [0.25, 0.3) is 6.08 Å². The third kappa shape index (κ3) is 4.18. The first-order valence-electron chi connectivity index (χ1n) is 6.81. The van der Waals surface area contributed by atoms with Gasteiger partial charge in [0.15, 0.2) is 11.5 Å². The summed E-state index contributed by atoms with van der Waals surface area (Å²) < 4.78 is 19.4. The van der Waals surface area contributed by atoms with E-state index in [4.69, 9.17) is 4.74 Å². The van der Waals surface area contributed by atoms with Gasteiger partial charge in [-0.1, -0.05) is 12.1 Å². The molecule has 0 heterocycles. The average molecular weight is 470 g/mol. The molecular weight excluding hydrogens is 459 g/mol. The van der Waals surface area contributed by atoms with E-state index in [2.05, 4.69) is 37.2 Å². The van der Waals surface area contributed by atoms with Crippen LogP contribution in [0.2, 0.25) is 0 Å². The predicted molar refractivity (Wildman–Crippen MR) is 98.7 cm³/mol. The Labute approximate surface area is 160 Å². The summed E-state index contributed by atoms with van der Waals surface area (Å²) in [6.07, 6.45) is 1.30. The van der Waals surface area contributed by atoms with Crippen LogP contribution in [0.3, 0.4) is 0 Å². The van der Waals surface area contributed by atoms with Crippen LogP contribution in [-0.2, 0) is 4.79 Å². The number of halogens is 3. The van der Waals surface area contributed by atoms with Gasteiger partial charge in [0.2, 0.25) is 0 Å². The van der Waals surface area contributed by atoms with Crippen molar-refractivity contribution in [1.29, 1.82) is 5.26 Å². The number of methoxy groups -OCH3 is 1. The summed E-state index contributed by atoms with van der Waals surface area (Å²) in [7, 11) is 1.37. The van der Waals surface area contributed by atoms with Crippen LogP contribution in [0.15, 0.2) is 44.9 Å². The quantitative estimate of drug-likeness (QED) is 0.506. The summed E-state index contributed by atoms with van der Waals surface area (Å²) in [6.45, 7) is 0. The van der Waals surface area contributed by atoms with Crippen molar-refractivity contribution < 1.29 is 19.0 Å². The Hall–Kier alpha value is -2.37. The molecule has 25 heavy (non-hydrogen) atoms. The number of phenolic OH excluding ortho intramolecular Hbond substituents is 1. The number of phenols is 1. The van der Waals surface area contributed by atoms with Gasteiger partial charge in [-0.25, -0.2) is 4.39 Å². The number of nitrogens with one attached hydrogen (secondary N) is 1. The molecule has 2 aromatic carbocycles. The minimum absolute atomic E-state index is 0.0304. The molecule has 0 spiro atoms. The molecule has 0 bridgehead atoms. The monoisotopic (exact) mass is 468 g/mol. The van der Waals surface area contributed by atoms with Crippen molar-refractivity contribution in [2.24, 2.45) is 0 Å². The summed E-state index contributed by atoms with van der Waals surface area (Å²) in [6, 6.07) is 8.87. The first-order valence-corrected chi connectivity index (χ1v) is 8.40. The van der Waals surface area contributed by atoms with E-state index in [0.29, 0.717) is 14.5 Å². The maximum Gasteiger partial charge on any atom is 0.266 e. The lowest BCUT2D eigenvalue weighted by Gasteiger charge is -2.10. The van der Waals surface area contributed by atoms with Gasteiger partial charge in [-0.05, 0) is 61.7 Å². The average Bonchev–Trinajstić information content (AvgIpc) is 2.61. The van der Waals surface area contributed by atoms with Gasteiger partial charge < -0.3 is 15.2 Å². The first-order chi connectivity index (χ1) is 11.9. The van der Waals surface area contributed by atoms with Crippen molar-refractivity contribution in [2.75, 3.05) is 12.4 Å². The lowest BCUT2D eigenvalue weighted by Crippen LogP contribution is -2.14. The van der Waals surface area contributed by atoms with E-state index in [9.17, 15) is 19.6 Å². The molecule has 2 rings (SSSR count). The smallest absolute Gasteiger partial charge is 0.266 e. The SMILES string of the molecule is COc1cc(/C=C(/C#N)C(=O)Nc2ccccc2F)c(Br)c(Br)c1O. The van der Waals surface area contributed by atoms with E-state index in [-0.39, 0.29) is 22.8 Å². The summed E-state index contributed by atoms with van der Waals surface area (Å²) in [5, 5.41) is 21.5. The number of rotatable bonds is 4. The van der Waals surface area contributed by atoms with Crippen LogP contribution in [0.5, 0.6) is 11.5 Å². The molecule has 0 aliphatic carbocycles. The second-order valence-corrected chi connectivity index (χ2v) is 6.33. The first kappa shape index (κ1) is 19.0. The van der Waals surface area contributed by atoms with Gasteiger partial charge in [0.25, 0.3) is 5.91 Å². The fourth-order valence-electron chi connectivity index (χ4n) is 1.93. The summed E-state index contributed by atoms with van der Waals surface area (Å²) >= 11 is 6.47. The molecular formula is C17H11Br2FN2O3. The van der Waals surface area contributed by atoms with Crippen molar-refractivity contribution in [1.82, 2.24) is 0 Å². The Morgan fingerprint density at radius 3 is 2.64 bits per heavy atom. The number of aromatic hydroxyl groups is 1. The Bertz CT molecular complexity index is 907. The lowest BCUT2D eigenvalue weighted by atomic mass is 10.1. The number of hydrogen-bond donors (Lipinski definition) is 2. The second kappa shape index (κ2) is 8.14. The van der Waals surface area contributed by atoms with Crippen molar-refractivity contribution in [3.8, 4) is 17.6 Å². The van der Waals surface area contributed by atoms with E-state index >= 15 is 0 Å². The normalized spacial score (nSPS) is 10.9. The van der Waals surface area contributed by atoms with Gasteiger partial charge in [-0.2, -0.15) is 5.26 Å². The standard InChI is InChI=1S/C17H11Br2FN2O3/c1-25-13-7-9(14(18)15(19)16(13)23)6-10(8-21)17(24)22-12-5-3-2-4-11(12)20/h2-7,23H,1H3,(H,22,24)/b10-6-. The number of benzene rings is 2. The van der Waals surface area contributed by atoms with Crippen LogP contribution in [0, 0.1) is 17.1 Å². The molecule has 2 N–H and O–H groups in total. The molecule has 0 fully saturated rings. The van der Waals surface area contributed by atoms with Gasteiger partial charge in [0, 0.05) is 4.47 Å². The number of carbonyl (C=O) groups excluding carboxylic acids is 1. The molecule has 8 heteroatoms. The fourth-order valence-corrected chi connectivity index (χ4v) is 2.77.